The van der Waals surface area contributed by atoms with E-state index in [2.05, 4.69) is 0 Å². The van der Waals surface area contributed by atoms with Crippen molar-refractivity contribution in [2.24, 2.45) is 0 Å². The number of methoxy groups -OCH3 is 1. The van der Waals surface area contributed by atoms with Crippen molar-refractivity contribution in [3.8, 4) is 17.2 Å². The quantitative estimate of drug-likeness (QED) is 0.635. The number of carbonyl (C=O) groups is 1. The fraction of sp³-hybridized carbons (Fsp3) is 0.300. The lowest BCUT2D eigenvalue weighted by molar-refractivity contribution is -0.185. The molecule has 2 aliphatic rings. The summed E-state index contributed by atoms with van der Waals surface area (Å²) in [6.45, 7) is -0.487. The number of carboxylic acids is 1. The van der Waals surface area contributed by atoms with Crippen molar-refractivity contribution in [2.75, 3.05) is 13.7 Å². The molecule has 5 rings (SSSR count). The number of hydrogen-bond acceptors (Lipinski definition) is 8. The lowest BCUT2D eigenvalue weighted by Gasteiger charge is -2.14. The highest BCUT2D eigenvalue weighted by atomic mass is 16.8. The van der Waals surface area contributed by atoms with Gasteiger partial charge in [-0.3, -0.25) is 4.79 Å². The van der Waals surface area contributed by atoms with E-state index >= 15 is 0 Å². The van der Waals surface area contributed by atoms with Crippen molar-refractivity contribution >= 4 is 27.9 Å². The Bertz CT molecular complexity index is 1210. The van der Waals surface area contributed by atoms with Crippen molar-refractivity contribution in [1.29, 1.82) is 0 Å². The first-order chi connectivity index (χ1) is 14.0. The van der Waals surface area contributed by atoms with Crippen LogP contribution in [0, 0.1) is 0 Å². The Morgan fingerprint density at radius 3 is 2.90 bits per heavy atom. The molecule has 0 bridgehead atoms. The molecule has 2 aromatic carbocycles. The van der Waals surface area contributed by atoms with Crippen LogP contribution in [0.5, 0.6) is 17.2 Å². The van der Waals surface area contributed by atoms with E-state index < -0.39 is 30.6 Å². The second-order valence-electron chi connectivity index (χ2n) is 6.88. The first-order valence-corrected chi connectivity index (χ1v) is 8.93. The number of fused-ring (bicyclic) bond motifs is 6. The van der Waals surface area contributed by atoms with Crippen LogP contribution in [-0.4, -0.2) is 42.5 Å². The number of aliphatic carboxylic acids is 1. The summed E-state index contributed by atoms with van der Waals surface area (Å²) in [7, 11) is 1.43. The third-order valence-corrected chi connectivity index (χ3v) is 5.20. The average Bonchev–Trinajstić information content (AvgIpc) is 3.22. The molecule has 2 aliphatic heterocycles. The summed E-state index contributed by atoms with van der Waals surface area (Å²) in [5, 5.41) is 19.2. The molecule has 0 spiro atoms. The number of phenols is 1. The maximum Gasteiger partial charge on any atom is 0.329 e. The summed E-state index contributed by atoms with van der Waals surface area (Å²) in [5.74, 6) is -0.865. The van der Waals surface area contributed by atoms with Gasteiger partial charge in [0.25, 0.3) is 0 Å². The molecule has 0 aliphatic carbocycles. The van der Waals surface area contributed by atoms with Crippen molar-refractivity contribution in [3.63, 3.8) is 0 Å². The molecule has 9 nitrogen and oxygen atoms in total. The molecule has 3 heterocycles. The van der Waals surface area contributed by atoms with Crippen molar-refractivity contribution in [3.05, 3.63) is 40.1 Å². The number of aromatic hydroxyl groups is 1. The molecule has 29 heavy (non-hydrogen) atoms. The number of hydrogen-bond donors (Lipinski definition) is 2. The Kier molecular flexibility index (Phi) is 3.90. The number of rotatable bonds is 4. The van der Waals surface area contributed by atoms with E-state index in [1.807, 2.05) is 0 Å². The second kappa shape index (κ2) is 6.36. The SMILES string of the molecule is COc1cc2c(c3oc4cccc(O)c4c(=O)c13)C1CC(OCC(=O)O)OC1O2. The van der Waals surface area contributed by atoms with Crippen LogP contribution >= 0.6 is 0 Å². The van der Waals surface area contributed by atoms with Gasteiger partial charge in [0, 0.05) is 18.1 Å². The fourth-order valence-electron chi connectivity index (χ4n) is 4.00. The summed E-state index contributed by atoms with van der Waals surface area (Å²) < 4.78 is 28.2. The van der Waals surface area contributed by atoms with Crippen molar-refractivity contribution in [1.82, 2.24) is 0 Å². The summed E-state index contributed by atoms with van der Waals surface area (Å²) >= 11 is 0. The zero-order chi connectivity index (χ0) is 20.3. The van der Waals surface area contributed by atoms with E-state index in [0.717, 1.165) is 0 Å². The van der Waals surface area contributed by atoms with Gasteiger partial charge in [0.15, 0.2) is 6.29 Å². The van der Waals surface area contributed by atoms with Crippen LogP contribution in [0.4, 0.5) is 0 Å². The molecule has 1 saturated heterocycles. The molecule has 9 heteroatoms. The third kappa shape index (κ3) is 2.62. The van der Waals surface area contributed by atoms with Gasteiger partial charge in [-0.25, -0.2) is 4.79 Å². The van der Waals surface area contributed by atoms with E-state index in [1.165, 1.54) is 13.2 Å². The van der Waals surface area contributed by atoms with E-state index in [0.29, 0.717) is 17.7 Å². The Morgan fingerprint density at radius 2 is 2.14 bits per heavy atom. The van der Waals surface area contributed by atoms with Gasteiger partial charge in [-0.15, -0.1) is 0 Å². The molecule has 3 unspecified atom stereocenters. The van der Waals surface area contributed by atoms with Crippen LogP contribution in [0.15, 0.2) is 33.5 Å². The summed E-state index contributed by atoms with van der Waals surface area (Å²) in [6.07, 6.45) is -1.10. The largest absolute Gasteiger partial charge is 0.507 e. The minimum Gasteiger partial charge on any atom is -0.507 e. The maximum atomic E-state index is 13.2. The standard InChI is InChI=1S/C20H16O9/c1-25-11-6-12-15(8-5-14(26-7-13(22)23)29-20(8)28-12)19-17(11)18(24)16-9(21)3-2-4-10(16)27-19/h2-4,6,8,14,20-21H,5,7H2,1H3,(H,22,23). The van der Waals surface area contributed by atoms with Gasteiger partial charge < -0.3 is 33.6 Å². The molecule has 3 atom stereocenters. The lowest BCUT2D eigenvalue weighted by atomic mass is 9.95. The number of carboxylic acid groups (broad SMARTS) is 1. The lowest BCUT2D eigenvalue weighted by Crippen LogP contribution is -2.20. The van der Waals surface area contributed by atoms with Gasteiger partial charge in [0.1, 0.15) is 45.8 Å². The topological polar surface area (TPSA) is 125 Å². The molecule has 1 aromatic heterocycles. The van der Waals surface area contributed by atoms with Crippen LogP contribution in [0.3, 0.4) is 0 Å². The highest BCUT2D eigenvalue weighted by Crippen LogP contribution is 2.51. The Hall–Kier alpha value is -3.30. The molecule has 0 saturated carbocycles. The zero-order valence-electron chi connectivity index (χ0n) is 15.2. The highest BCUT2D eigenvalue weighted by molar-refractivity contribution is 5.98. The minimum absolute atomic E-state index is 0.0686. The molecule has 2 N–H and O–H groups in total. The highest BCUT2D eigenvalue weighted by Gasteiger charge is 2.47. The zero-order valence-corrected chi connectivity index (χ0v) is 15.2. The van der Waals surface area contributed by atoms with E-state index in [-0.39, 0.29) is 39.4 Å². The number of ether oxygens (including phenoxy) is 4. The van der Waals surface area contributed by atoms with Crippen LogP contribution in [0.2, 0.25) is 0 Å². The maximum absolute atomic E-state index is 13.2. The molecular weight excluding hydrogens is 384 g/mol. The van der Waals surface area contributed by atoms with Crippen LogP contribution in [0.25, 0.3) is 21.9 Å². The van der Waals surface area contributed by atoms with Gasteiger partial charge in [-0.05, 0) is 12.1 Å². The van der Waals surface area contributed by atoms with Gasteiger partial charge in [0.2, 0.25) is 11.7 Å². The first-order valence-electron chi connectivity index (χ1n) is 8.93. The second-order valence-corrected chi connectivity index (χ2v) is 6.88. The monoisotopic (exact) mass is 400 g/mol. The van der Waals surface area contributed by atoms with Crippen molar-refractivity contribution < 1.29 is 38.4 Å². The molecule has 0 amide bonds. The molecule has 3 aromatic rings. The average molecular weight is 400 g/mol. The predicted octanol–water partition coefficient (Wildman–Crippen LogP) is 2.31. The number of phenolic OH excluding ortho intramolecular Hbond substituents is 1. The van der Waals surface area contributed by atoms with E-state index in [4.69, 9.17) is 28.5 Å². The van der Waals surface area contributed by atoms with E-state index in [1.54, 1.807) is 18.2 Å². The minimum atomic E-state index is -1.10. The summed E-state index contributed by atoms with van der Waals surface area (Å²) in [5.41, 5.74) is 0.742. The van der Waals surface area contributed by atoms with Gasteiger partial charge in [-0.2, -0.15) is 0 Å². The molecule has 1 fully saturated rings. The molecular formula is C20H16O9. The number of benzene rings is 2. The van der Waals surface area contributed by atoms with Gasteiger partial charge >= 0.3 is 5.97 Å². The van der Waals surface area contributed by atoms with Gasteiger partial charge in [-0.1, -0.05) is 6.07 Å². The summed E-state index contributed by atoms with van der Waals surface area (Å²) in [4.78, 5) is 23.9. The van der Waals surface area contributed by atoms with E-state index in [9.17, 15) is 14.7 Å². The van der Waals surface area contributed by atoms with Crippen LogP contribution in [0.1, 0.15) is 17.9 Å². The van der Waals surface area contributed by atoms with Gasteiger partial charge in [0.05, 0.1) is 13.0 Å². The normalized spacial score (nSPS) is 22.4. The summed E-state index contributed by atoms with van der Waals surface area (Å²) in [6, 6.07) is 6.19. The Labute approximate surface area is 163 Å². The smallest absolute Gasteiger partial charge is 0.329 e. The van der Waals surface area contributed by atoms with Crippen molar-refractivity contribution in [2.45, 2.75) is 24.9 Å². The van der Waals surface area contributed by atoms with Crippen LogP contribution in [-0.2, 0) is 14.3 Å². The predicted molar refractivity (Wildman–Crippen MR) is 98.4 cm³/mol. The first kappa shape index (κ1) is 17.8. The molecule has 150 valence electrons. The third-order valence-electron chi connectivity index (χ3n) is 5.20. The van der Waals surface area contributed by atoms with Crippen LogP contribution < -0.4 is 14.9 Å². The molecule has 0 radical (unpaired) electrons. The fourth-order valence-corrected chi connectivity index (χ4v) is 4.00. The Morgan fingerprint density at radius 1 is 1.31 bits per heavy atom. The Balaban J connectivity index is 1.69.